The molecule has 1 heterocycles. The monoisotopic (exact) mass is 322 g/mol. The lowest BCUT2D eigenvalue weighted by atomic mass is 10.2. The largest absolute Gasteiger partial charge is 0.466 e. The first-order chi connectivity index (χ1) is 9.08. The maximum atomic E-state index is 11.7. The van der Waals surface area contributed by atoms with Crippen LogP contribution in [0, 0.1) is 0 Å². The van der Waals surface area contributed by atoms with E-state index in [9.17, 15) is 4.79 Å². The fourth-order valence-electron chi connectivity index (χ4n) is 1.62. The summed E-state index contributed by atoms with van der Waals surface area (Å²) in [4.78, 5) is 13.3. The highest BCUT2D eigenvalue weighted by molar-refractivity contribution is 9.10. The molecule has 1 N–H and O–H groups in total. The van der Waals surface area contributed by atoms with E-state index in [0.29, 0.717) is 12.1 Å². The van der Waals surface area contributed by atoms with Gasteiger partial charge in [-0.05, 0) is 46.3 Å². The van der Waals surface area contributed by atoms with Crippen molar-refractivity contribution in [3.8, 4) is 0 Å². The second kappa shape index (κ2) is 5.93. The summed E-state index contributed by atoms with van der Waals surface area (Å²) in [5.74, 6) is 0.841. The Labute approximate surface area is 120 Å². The van der Waals surface area contributed by atoms with Gasteiger partial charge in [-0.1, -0.05) is 0 Å². The average molecular weight is 323 g/mol. The van der Waals surface area contributed by atoms with Crippen LogP contribution in [0.3, 0.4) is 0 Å². The molecule has 1 amide bonds. The molecule has 0 saturated carbocycles. The van der Waals surface area contributed by atoms with Gasteiger partial charge in [0.2, 0.25) is 0 Å². The number of nitrogens with zero attached hydrogens (tertiary/aromatic N) is 1. The number of amides is 1. The number of carbonyl (C=O) groups excluding carboxylic acids is 1. The Morgan fingerprint density at radius 2 is 1.95 bits per heavy atom. The van der Waals surface area contributed by atoms with Gasteiger partial charge >= 0.3 is 0 Å². The Bertz CT molecular complexity index is 561. The van der Waals surface area contributed by atoms with Gasteiger partial charge in [-0.2, -0.15) is 0 Å². The lowest BCUT2D eigenvalue weighted by molar-refractivity contribution is 0.0827. The quantitative estimate of drug-likeness (QED) is 0.938. The fourth-order valence-corrected chi connectivity index (χ4v) is 1.96. The van der Waals surface area contributed by atoms with Crippen LogP contribution in [0.5, 0.6) is 0 Å². The van der Waals surface area contributed by atoms with Crippen LogP contribution >= 0.6 is 15.9 Å². The maximum Gasteiger partial charge on any atom is 0.253 e. The van der Waals surface area contributed by atoms with Crippen molar-refractivity contribution in [2.24, 2.45) is 0 Å². The van der Waals surface area contributed by atoms with E-state index in [4.69, 9.17) is 4.42 Å². The van der Waals surface area contributed by atoms with Crippen LogP contribution in [-0.2, 0) is 6.54 Å². The number of benzene rings is 1. The molecule has 100 valence electrons. The number of hydrogen-bond donors (Lipinski definition) is 1. The van der Waals surface area contributed by atoms with Crippen LogP contribution in [0.4, 0.5) is 5.69 Å². The van der Waals surface area contributed by atoms with E-state index in [1.54, 1.807) is 25.3 Å². The summed E-state index contributed by atoms with van der Waals surface area (Å²) in [7, 11) is 3.48. The summed E-state index contributed by atoms with van der Waals surface area (Å²) >= 11 is 3.40. The van der Waals surface area contributed by atoms with Gasteiger partial charge in [-0.25, -0.2) is 0 Å². The normalized spacial score (nSPS) is 10.3. The summed E-state index contributed by atoms with van der Waals surface area (Å²) in [6, 6.07) is 9.24. The standard InChI is InChI=1S/C14H15BrN2O2/c1-17(2)14(18)10-3-5-11(6-4-10)16-9-13-12(15)7-8-19-13/h3-8,16H,9H2,1-2H3. The van der Waals surface area contributed by atoms with Crippen molar-refractivity contribution in [3.63, 3.8) is 0 Å². The highest BCUT2D eigenvalue weighted by atomic mass is 79.9. The molecule has 1 aromatic heterocycles. The number of rotatable bonds is 4. The van der Waals surface area contributed by atoms with Gasteiger partial charge in [0.15, 0.2) is 0 Å². The van der Waals surface area contributed by atoms with Gasteiger partial charge in [-0.3, -0.25) is 4.79 Å². The summed E-state index contributed by atoms with van der Waals surface area (Å²) in [5, 5.41) is 3.23. The van der Waals surface area contributed by atoms with Gasteiger partial charge in [-0.15, -0.1) is 0 Å². The van der Waals surface area contributed by atoms with Crippen molar-refractivity contribution >= 4 is 27.5 Å². The van der Waals surface area contributed by atoms with Crippen molar-refractivity contribution in [1.29, 1.82) is 0 Å². The number of halogens is 1. The first kappa shape index (κ1) is 13.7. The highest BCUT2D eigenvalue weighted by Crippen LogP contribution is 2.19. The second-order valence-corrected chi connectivity index (χ2v) is 5.18. The van der Waals surface area contributed by atoms with Crippen molar-refractivity contribution in [3.05, 3.63) is 52.4 Å². The Balaban J connectivity index is 1.99. The van der Waals surface area contributed by atoms with Crippen LogP contribution in [-0.4, -0.2) is 24.9 Å². The number of nitrogens with one attached hydrogen (secondary N) is 1. The molecule has 5 heteroatoms. The molecule has 0 bridgehead atoms. The molecular weight excluding hydrogens is 308 g/mol. The zero-order valence-electron chi connectivity index (χ0n) is 10.8. The molecular formula is C14H15BrN2O2. The average Bonchev–Trinajstić information content (AvgIpc) is 2.81. The lowest BCUT2D eigenvalue weighted by Gasteiger charge is -2.11. The van der Waals surface area contributed by atoms with E-state index < -0.39 is 0 Å². The highest BCUT2D eigenvalue weighted by Gasteiger charge is 2.07. The Kier molecular flexibility index (Phi) is 4.27. The molecule has 0 aliphatic rings. The lowest BCUT2D eigenvalue weighted by Crippen LogP contribution is -2.21. The molecule has 0 fully saturated rings. The molecule has 4 nitrogen and oxygen atoms in total. The molecule has 2 rings (SSSR count). The molecule has 0 unspecified atom stereocenters. The predicted molar refractivity (Wildman–Crippen MR) is 78.2 cm³/mol. The minimum Gasteiger partial charge on any atom is -0.466 e. The molecule has 0 radical (unpaired) electrons. The van der Waals surface area contributed by atoms with Crippen LogP contribution in [0.2, 0.25) is 0 Å². The predicted octanol–water partition coefficient (Wildman–Crippen LogP) is 3.36. The number of carbonyl (C=O) groups is 1. The molecule has 0 aliphatic heterocycles. The first-order valence-corrected chi connectivity index (χ1v) is 6.64. The summed E-state index contributed by atoms with van der Waals surface area (Å²) in [5.41, 5.74) is 1.62. The molecule has 1 aromatic carbocycles. The van der Waals surface area contributed by atoms with E-state index >= 15 is 0 Å². The topological polar surface area (TPSA) is 45.5 Å². The fraction of sp³-hybridized carbons (Fsp3) is 0.214. The van der Waals surface area contributed by atoms with Crippen LogP contribution in [0.15, 0.2) is 45.5 Å². The van der Waals surface area contributed by atoms with Crippen LogP contribution in [0.1, 0.15) is 16.1 Å². The van der Waals surface area contributed by atoms with E-state index in [-0.39, 0.29) is 5.91 Å². The Morgan fingerprint density at radius 1 is 1.26 bits per heavy atom. The van der Waals surface area contributed by atoms with Crippen molar-refractivity contribution < 1.29 is 9.21 Å². The van der Waals surface area contributed by atoms with Crippen molar-refractivity contribution in [2.45, 2.75) is 6.54 Å². The van der Waals surface area contributed by atoms with Gasteiger partial charge < -0.3 is 14.6 Å². The maximum absolute atomic E-state index is 11.7. The first-order valence-electron chi connectivity index (χ1n) is 5.85. The van der Waals surface area contributed by atoms with E-state index in [1.807, 2.05) is 30.3 Å². The van der Waals surface area contributed by atoms with Crippen LogP contribution < -0.4 is 5.32 Å². The van der Waals surface area contributed by atoms with E-state index in [1.165, 1.54) is 0 Å². The van der Waals surface area contributed by atoms with Crippen molar-refractivity contribution in [1.82, 2.24) is 4.90 Å². The van der Waals surface area contributed by atoms with Crippen LogP contribution in [0.25, 0.3) is 0 Å². The third kappa shape index (κ3) is 3.38. The second-order valence-electron chi connectivity index (χ2n) is 4.32. The molecule has 0 atom stereocenters. The zero-order chi connectivity index (χ0) is 13.8. The zero-order valence-corrected chi connectivity index (χ0v) is 12.4. The number of anilines is 1. The third-order valence-electron chi connectivity index (χ3n) is 2.68. The minimum absolute atomic E-state index is 0.000305. The van der Waals surface area contributed by atoms with Gasteiger partial charge in [0.05, 0.1) is 17.3 Å². The third-order valence-corrected chi connectivity index (χ3v) is 3.39. The molecule has 0 saturated heterocycles. The number of hydrogen-bond acceptors (Lipinski definition) is 3. The summed E-state index contributed by atoms with van der Waals surface area (Å²) in [6.07, 6.45) is 1.64. The van der Waals surface area contributed by atoms with Gasteiger partial charge in [0.1, 0.15) is 5.76 Å². The smallest absolute Gasteiger partial charge is 0.253 e. The molecule has 19 heavy (non-hydrogen) atoms. The summed E-state index contributed by atoms with van der Waals surface area (Å²) in [6.45, 7) is 0.592. The number of furan rings is 1. The molecule has 0 aliphatic carbocycles. The van der Waals surface area contributed by atoms with Crippen molar-refractivity contribution in [2.75, 3.05) is 19.4 Å². The van der Waals surface area contributed by atoms with Gasteiger partial charge in [0.25, 0.3) is 5.91 Å². The van der Waals surface area contributed by atoms with E-state index in [0.717, 1.165) is 15.9 Å². The molecule has 2 aromatic rings. The Morgan fingerprint density at radius 3 is 2.47 bits per heavy atom. The summed E-state index contributed by atoms with van der Waals surface area (Å²) < 4.78 is 6.25. The van der Waals surface area contributed by atoms with E-state index in [2.05, 4.69) is 21.2 Å². The van der Waals surface area contributed by atoms with Gasteiger partial charge in [0, 0.05) is 25.3 Å². The SMILES string of the molecule is CN(C)C(=O)c1ccc(NCc2occc2Br)cc1. The molecule has 0 spiro atoms. The minimum atomic E-state index is 0.000305. The Hall–Kier alpha value is -1.75.